The third-order valence-corrected chi connectivity index (χ3v) is 2.62. The van der Waals surface area contributed by atoms with E-state index in [1.54, 1.807) is 13.0 Å². The van der Waals surface area contributed by atoms with Crippen molar-refractivity contribution in [3.05, 3.63) is 35.9 Å². The van der Waals surface area contributed by atoms with Gasteiger partial charge in [-0.15, -0.1) is 0 Å². The number of hydrogen-bond donors (Lipinski definition) is 1. The van der Waals surface area contributed by atoms with Crippen LogP contribution in [0.3, 0.4) is 0 Å². The minimum Gasteiger partial charge on any atom is -0.348 e. The van der Waals surface area contributed by atoms with Crippen LogP contribution >= 0.6 is 0 Å². The van der Waals surface area contributed by atoms with Gasteiger partial charge in [0.05, 0.1) is 0 Å². The summed E-state index contributed by atoms with van der Waals surface area (Å²) in [5, 5.41) is 2.36. The summed E-state index contributed by atoms with van der Waals surface area (Å²) >= 11 is 0. The summed E-state index contributed by atoms with van der Waals surface area (Å²) in [6, 6.07) is 6.88. The first-order valence-electron chi connectivity index (χ1n) is 6.08. The molecular weight excluding hydrogens is 236 g/mol. The molecule has 2 nitrogen and oxygen atoms in total. The highest BCUT2D eigenvalue weighted by Gasteiger charge is 2.41. The Morgan fingerprint density at radius 3 is 2.28 bits per heavy atom. The molecule has 18 heavy (non-hydrogen) atoms. The molecule has 0 spiro atoms. The minimum absolute atomic E-state index is 0.257. The lowest BCUT2D eigenvalue weighted by molar-refractivity contribution is -0.147. The SMILES string of the molecule is CC(C)CC(C)NC(=O)C(F)(F)c1ccccc1. The van der Waals surface area contributed by atoms with Crippen LogP contribution < -0.4 is 5.32 Å². The highest BCUT2D eigenvalue weighted by atomic mass is 19.3. The number of amides is 1. The quantitative estimate of drug-likeness (QED) is 0.859. The van der Waals surface area contributed by atoms with E-state index in [1.165, 1.54) is 24.3 Å². The topological polar surface area (TPSA) is 29.1 Å². The molecule has 0 bridgehead atoms. The Hall–Kier alpha value is -1.45. The molecule has 0 aromatic heterocycles. The molecule has 1 unspecified atom stereocenters. The molecule has 0 fully saturated rings. The highest BCUT2D eigenvalue weighted by Crippen LogP contribution is 2.28. The van der Waals surface area contributed by atoms with Crippen molar-refractivity contribution in [1.29, 1.82) is 0 Å². The Kier molecular flexibility index (Phi) is 4.82. The molecule has 0 aliphatic heterocycles. The molecule has 1 atom stereocenters. The Morgan fingerprint density at radius 1 is 1.22 bits per heavy atom. The maximum absolute atomic E-state index is 13.8. The van der Waals surface area contributed by atoms with E-state index in [0.717, 1.165) is 0 Å². The third kappa shape index (κ3) is 3.79. The zero-order valence-electron chi connectivity index (χ0n) is 10.9. The van der Waals surface area contributed by atoms with Crippen molar-refractivity contribution in [3.8, 4) is 0 Å². The minimum atomic E-state index is -3.48. The van der Waals surface area contributed by atoms with E-state index in [-0.39, 0.29) is 11.6 Å². The van der Waals surface area contributed by atoms with Crippen LogP contribution in [0.25, 0.3) is 0 Å². The fourth-order valence-corrected chi connectivity index (χ4v) is 1.86. The molecule has 0 heterocycles. The summed E-state index contributed by atoms with van der Waals surface area (Å²) in [4.78, 5) is 11.6. The van der Waals surface area contributed by atoms with Crippen molar-refractivity contribution >= 4 is 5.91 Å². The van der Waals surface area contributed by atoms with Crippen molar-refractivity contribution in [2.75, 3.05) is 0 Å². The molecule has 1 N–H and O–H groups in total. The second kappa shape index (κ2) is 5.94. The van der Waals surface area contributed by atoms with Crippen molar-refractivity contribution in [1.82, 2.24) is 5.32 Å². The first-order chi connectivity index (χ1) is 8.34. The van der Waals surface area contributed by atoms with Crippen LogP contribution in [-0.4, -0.2) is 11.9 Å². The van der Waals surface area contributed by atoms with E-state index in [1.807, 2.05) is 13.8 Å². The van der Waals surface area contributed by atoms with E-state index in [9.17, 15) is 13.6 Å². The number of carbonyl (C=O) groups excluding carboxylic acids is 1. The Balaban J connectivity index is 2.71. The largest absolute Gasteiger partial charge is 0.349 e. The lowest BCUT2D eigenvalue weighted by Crippen LogP contribution is -2.43. The van der Waals surface area contributed by atoms with Gasteiger partial charge in [-0.3, -0.25) is 4.79 Å². The smallest absolute Gasteiger partial charge is 0.348 e. The number of carbonyl (C=O) groups is 1. The molecule has 1 aromatic carbocycles. The molecule has 100 valence electrons. The molecule has 1 amide bonds. The average Bonchev–Trinajstić information content (AvgIpc) is 2.28. The summed E-state index contributed by atoms with van der Waals surface area (Å²) in [7, 11) is 0. The molecular formula is C14H19F2NO. The standard InChI is InChI=1S/C14H19F2NO/c1-10(2)9-11(3)17-13(18)14(15,16)12-7-5-4-6-8-12/h4-8,10-11H,9H2,1-3H3,(H,17,18). The van der Waals surface area contributed by atoms with Crippen LogP contribution in [-0.2, 0) is 10.7 Å². The molecule has 0 aliphatic carbocycles. The average molecular weight is 255 g/mol. The number of hydrogen-bond acceptors (Lipinski definition) is 1. The van der Waals surface area contributed by atoms with Gasteiger partial charge in [0.1, 0.15) is 0 Å². The Labute approximate surface area is 106 Å². The number of halogens is 2. The van der Waals surface area contributed by atoms with Crippen molar-refractivity contribution in [2.45, 2.75) is 39.2 Å². The highest BCUT2D eigenvalue weighted by molar-refractivity contribution is 5.84. The van der Waals surface area contributed by atoms with Crippen LogP contribution in [0.4, 0.5) is 8.78 Å². The normalized spacial score (nSPS) is 13.4. The Bertz CT molecular complexity index is 390. The summed E-state index contributed by atoms with van der Waals surface area (Å²) in [5.41, 5.74) is -0.278. The molecule has 1 rings (SSSR count). The van der Waals surface area contributed by atoms with Gasteiger partial charge in [0, 0.05) is 11.6 Å². The van der Waals surface area contributed by atoms with Crippen molar-refractivity contribution in [2.24, 2.45) is 5.92 Å². The van der Waals surface area contributed by atoms with Gasteiger partial charge in [0.2, 0.25) is 0 Å². The molecule has 1 aromatic rings. The molecule has 4 heteroatoms. The first kappa shape index (κ1) is 14.6. The monoisotopic (exact) mass is 255 g/mol. The third-order valence-electron chi connectivity index (χ3n) is 2.62. The predicted molar refractivity (Wildman–Crippen MR) is 67.4 cm³/mol. The zero-order chi connectivity index (χ0) is 13.8. The maximum atomic E-state index is 13.8. The van der Waals surface area contributed by atoms with Gasteiger partial charge in [-0.25, -0.2) is 0 Å². The summed E-state index contributed by atoms with van der Waals surface area (Å²) in [5.74, 6) is -4.36. The summed E-state index contributed by atoms with van der Waals surface area (Å²) < 4.78 is 27.7. The van der Waals surface area contributed by atoms with Gasteiger partial charge in [0.25, 0.3) is 5.91 Å². The fourth-order valence-electron chi connectivity index (χ4n) is 1.86. The summed E-state index contributed by atoms with van der Waals surface area (Å²) in [6.45, 7) is 5.70. The number of nitrogens with one attached hydrogen (secondary N) is 1. The zero-order valence-corrected chi connectivity index (χ0v) is 10.9. The lowest BCUT2D eigenvalue weighted by Gasteiger charge is -2.21. The van der Waals surface area contributed by atoms with Gasteiger partial charge < -0.3 is 5.32 Å². The van der Waals surface area contributed by atoms with Crippen LogP contribution in [0.1, 0.15) is 32.8 Å². The lowest BCUT2D eigenvalue weighted by atomic mass is 10.0. The van der Waals surface area contributed by atoms with Crippen LogP contribution in [0, 0.1) is 5.92 Å². The molecule has 0 aliphatic rings. The van der Waals surface area contributed by atoms with Crippen molar-refractivity contribution in [3.63, 3.8) is 0 Å². The van der Waals surface area contributed by atoms with Crippen LogP contribution in [0.2, 0.25) is 0 Å². The molecule has 0 saturated heterocycles. The second-order valence-corrected chi connectivity index (χ2v) is 4.94. The van der Waals surface area contributed by atoms with Crippen LogP contribution in [0.15, 0.2) is 30.3 Å². The van der Waals surface area contributed by atoms with E-state index >= 15 is 0 Å². The van der Waals surface area contributed by atoms with Gasteiger partial charge in [-0.2, -0.15) is 8.78 Å². The maximum Gasteiger partial charge on any atom is 0.349 e. The summed E-state index contributed by atoms with van der Waals surface area (Å²) in [6.07, 6.45) is 0.677. The van der Waals surface area contributed by atoms with Gasteiger partial charge >= 0.3 is 5.92 Å². The van der Waals surface area contributed by atoms with E-state index in [2.05, 4.69) is 5.32 Å². The molecule has 0 saturated carbocycles. The number of alkyl halides is 2. The van der Waals surface area contributed by atoms with E-state index < -0.39 is 11.8 Å². The predicted octanol–water partition coefficient (Wildman–Crippen LogP) is 3.33. The molecule has 0 radical (unpaired) electrons. The van der Waals surface area contributed by atoms with E-state index in [0.29, 0.717) is 12.3 Å². The Morgan fingerprint density at radius 2 is 1.78 bits per heavy atom. The first-order valence-corrected chi connectivity index (χ1v) is 6.08. The number of rotatable bonds is 5. The van der Waals surface area contributed by atoms with Crippen molar-refractivity contribution < 1.29 is 13.6 Å². The van der Waals surface area contributed by atoms with E-state index in [4.69, 9.17) is 0 Å². The van der Waals surface area contributed by atoms with Gasteiger partial charge in [0.15, 0.2) is 0 Å². The van der Waals surface area contributed by atoms with Crippen LogP contribution in [0.5, 0.6) is 0 Å². The fraction of sp³-hybridized carbons (Fsp3) is 0.500. The number of benzene rings is 1. The second-order valence-electron chi connectivity index (χ2n) is 4.94. The van der Waals surface area contributed by atoms with Gasteiger partial charge in [-0.05, 0) is 19.3 Å². The van der Waals surface area contributed by atoms with Gasteiger partial charge in [-0.1, -0.05) is 44.2 Å².